The van der Waals surface area contributed by atoms with Crippen molar-refractivity contribution in [2.75, 3.05) is 13.2 Å². The molecule has 1 aromatic rings. The highest BCUT2D eigenvalue weighted by Gasteiger charge is 2.42. The average molecular weight is 242 g/mol. The van der Waals surface area contributed by atoms with Crippen molar-refractivity contribution >= 4 is 11.8 Å². The molecule has 0 saturated heterocycles. The fourth-order valence-corrected chi connectivity index (χ4v) is 1.66. The molecule has 1 aliphatic heterocycles. The van der Waals surface area contributed by atoms with Gasteiger partial charge in [-0.2, -0.15) is 0 Å². The Labute approximate surface area is 105 Å². The van der Waals surface area contributed by atoms with Crippen LogP contribution in [0, 0.1) is 12.3 Å². The molecule has 0 aromatic heterocycles. The summed E-state index contributed by atoms with van der Waals surface area (Å²) >= 11 is 0. The van der Waals surface area contributed by atoms with Crippen molar-refractivity contribution in [1.29, 1.82) is 0 Å². The second-order valence-corrected chi connectivity index (χ2v) is 3.53. The monoisotopic (exact) mass is 242 g/mol. The molecule has 2 rings (SSSR count). The van der Waals surface area contributed by atoms with E-state index in [9.17, 15) is 4.79 Å². The second-order valence-electron chi connectivity index (χ2n) is 3.53. The van der Waals surface area contributed by atoms with E-state index in [1.807, 2.05) is 6.07 Å². The van der Waals surface area contributed by atoms with Crippen molar-refractivity contribution in [2.24, 2.45) is 0 Å². The molecule has 0 aliphatic carbocycles. The molecule has 0 spiro atoms. The Morgan fingerprint density at radius 2 is 2.11 bits per heavy atom. The van der Waals surface area contributed by atoms with Crippen LogP contribution in [0.3, 0.4) is 0 Å². The summed E-state index contributed by atoms with van der Waals surface area (Å²) in [5.74, 6) is 2.42. The van der Waals surface area contributed by atoms with Crippen molar-refractivity contribution < 1.29 is 19.1 Å². The van der Waals surface area contributed by atoms with Crippen LogP contribution in [-0.4, -0.2) is 29.8 Å². The summed E-state index contributed by atoms with van der Waals surface area (Å²) in [5.41, 5.74) is 1.22. The van der Waals surface area contributed by atoms with Crippen LogP contribution in [0.2, 0.25) is 0 Å². The Balaban J connectivity index is 2.40. The number of carbonyl (C=O) groups is 1. The molecule has 0 N–H and O–H groups in total. The Hall–Kier alpha value is -2.54. The number of hydrogen-bond donors (Lipinski definition) is 0. The standard InChI is InChI=1S/C14H12NO3/c1-3-9-17-14-12-8-6-5-7-11(12)13(16)15(14)18-10-4-2/h1,4-8H,2,9-10H2/q+1. The molecule has 1 heterocycles. The van der Waals surface area contributed by atoms with Gasteiger partial charge >= 0.3 is 11.8 Å². The highest BCUT2D eigenvalue weighted by molar-refractivity contribution is 6.09. The van der Waals surface area contributed by atoms with Crippen LogP contribution in [0.1, 0.15) is 15.9 Å². The summed E-state index contributed by atoms with van der Waals surface area (Å²) in [5, 5.41) is 0. The Kier molecular flexibility index (Phi) is 3.44. The fraction of sp³-hybridized carbons (Fsp3) is 0.143. The minimum Gasteiger partial charge on any atom is -0.427 e. The summed E-state index contributed by atoms with van der Waals surface area (Å²) in [6.45, 7) is 3.82. The predicted molar refractivity (Wildman–Crippen MR) is 66.1 cm³/mol. The van der Waals surface area contributed by atoms with Gasteiger partial charge in [0.25, 0.3) is 0 Å². The quantitative estimate of drug-likeness (QED) is 0.454. The number of fused-ring (bicyclic) bond motifs is 1. The highest BCUT2D eigenvalue weighted by Crippen LogP contribution is 2.19. The van der Waals surface area contributed by atoms with Gasteiger partial charge in [0, 0.05) is 0 Å². The Morgan fingerprint density at radius 3 is 2.78 bits per heavy atom. The number of hydroxylamine groups is 1. The molecule has 1 amide bonds. The van der Waals surface area contributed by atoms with Gasteiger partial charge in [-0.05, 0) is 18.2 Å². The van der Waals surface area contributed by atoms with Crippen LogP contribution < -0.4 is 0 Å². The predicted octanol–water partition coefficient (Wildman–Crippen LogP) is 1.37. The average Bonchev–Trinajstić information content (AvgIpc) is 2.67. The molecule has 1 aliphatic rings. The maximum Gasteiger partial charge on any atom is 0.471 e. The minimum absolute atomic E-state index is 0.0743. The van der Waals surface area contributed by atoms with Crippen LogP contribution in [0.5, 0.6) is 0 Å². The number of terminal acetylenes is 1. The summed E-state index contributed by atoms with van der Waals surface area (Å²) in [4.78, 5) is 17.4. The number of hydrogen-bond acceptors (Lipinski definition) is 3. The summed E-state index contributed by atoms with van der Waals surface area (Å²) in [7, 11) is 0. The zero-order chi connectivity index (χ0) is 13.0. The van der Waals surface area contributed by atoms with Gasteiger partial charge in [-0.1, -0.05) is 24.6 Å². The Bertz CT molecular complexity index is 567. The smallest absolute Gasteiger partial charge is 0.427 e. The van der Waals surface area contributed by atoms with Gasteiger partial charge < -0.3 is 4.74 Å². The molecule has 0 bridgehead atoms. The van der Waals surface area contributed by atoms with E-state index in [0.717, 1.165) is 4.74 Å². The van der Waals surface area contributed by atoms with Gasteiger partial charge in [0.2, 0.25) is 0 Å². The molecule has 0 fully saturated rings. The van der Waals surface area contributed by atoms with Crippen LogP contribution in [0.4, 0.5) is 0 Å². The highest BCUT2D eigenvalue weighted by atomic mass is 16.7. The van der Waals surface area contributed by atoms with Crippen LogP contribution >= 0.6 is 0 Å². The van der Waals surface area contributed by atoms with Crippen molar-refractivity contribution in [3.63, 3.8) is 0 Å². The number of amides is 1. The minimum atomic E-state index is -0.264. The molecular weight excluding hydrogens is 230 g/mol. The first kappa shape index (κ1) is 11.9. The number of ether oxygens (including phenoxy) is 1. The molecular formula is C14H12NO3+. The van der Waals surface area contributed by atoms with Crippen molar-refractivity contribution in [3.8, 4) is 12.3 Å². The van der Waals surface area contributed by atoms with Crippen molar-refractivity contribution in [3.05, 3.63) is 48.0 Å². The number of rotatable bonds is 4. The zero-order valence-electron chi connectivity index (χ0n) is 9.76. The number of nitrogens with zero attached hydrogens (tertiary/aromatic N) is 1. The first-order valence-corrected chi connectivity index (χ1v) is 5.40. The van der Waals surface area contributed by atoms with E-state index in [1.54, 1.807) is 24.3 Å². The Morgan fingerprint density at radius 1 is 1.39 bits per heavy atom. The molecule has 0 saturated carbocycles. The SMILES string of the molecule is C#CCOC1=[N+](OCC=C)C(=O)c2ccccc21. The molecule has 1 aromatic carbocycles. The number of carbonyl (C=O) groups excluding carboxylic acids is 1. The van der Waals surface area contributed by atoms with Gasteiger partial charge in [0.05, 0.1) is 4.74 Å². The van der Waals surface area contributed by atoms with Gasteiger partial charge in [-0.15, -0.1) is 6.42 Å². The molecule has 90 valence electrons. The summed E-state index contributed by atoms with van der Waals surface area (Å²) < 4.78 is 6.50. The maximum absolute atomic E-state index is 12.1. The topological polar surface area (TPSA) is 38.5 Å². The molecule has 0 atom stereocenters. The largest absolute Gasteiger partial charge is 0.471 e. The van der Waals surface area contributed by atoms with E-state index >= 15 is 0 Å². The lowest BCUT2D eigenvalue weighted by Crippen LogP contribution is -2.23. The fourth-order valence-electron chi connectivity index (χ4n) is 1.66. The lowest BCUT2D eigenvalue weighted by molar-refractivity contribution is -0.714. The molecule has 0 radical (unpaired) electrons. The molecule has 18 heavy (non-hydrogen) atoms. The lowest BCUT2D eigenvalue weighted by atomic mass is 10.1. The summed E-state index contributed by atoms with van der Waals surface area (Å²) in [6.07, 6.45) is 6.71. The van der Waals surface area contributed by atoms with Gasteiger partial charge in [-0.3, -0.25) is 4.84 Å². The van der Waals surface area contributed by atoms with Gasteiger partial charge in [0.15, 0.2) is 13.2 Å². The zero-order valence-corrected chi connectivity index (χ0v) is 9.76. The molecule has 4 nitrogen and oxygen atoms in total. The number of benzene rings is 1. The van der Waals surface area contributed by atoms with E-state index in [-0.39, 0.29) is 19.1 Å². The normalized spacial score (nSPS) is 12.9. The van der Waals surface area contributed by atoms with E-state index in [4.69, 9.17) is 16.0 Å². The third-order valence-electron chi connectivity index (χ3n) is 2.37. The van der Waals surface area contributed by atoms with E-state index in [2.05, 4.69) is 12.5 Å². The van der Waals surface area contributed by atoms with Gasteiger partial charge in [-0.25, -0.2) is 4.79 Å². The van der Waals surface area contributed by atoms with E-state index < -0.39 is 0 Å². The molecule has 4 heteroatoms. The van der Waals surface area contributed by atoms with E-state index in [0.29, 0.717) is 17.0 Å². The third-order valence-corrected chi connectivity index (χ3v) is 2.37. The van der Waals surface area contributed by atoms with E-state index in [1.165, 1.54) is 0 Å². The first-order valence-electron chi connectivity index (χ1n) is 5.40. The second kappa shape index (κ2) is 5.19. The maximum atomic E-state index is 12.1. The van der Waals surface area contributed by atoms with Crippen LogP contribution in [0.25, 0.3) is 0 Å². The van der Waals surface area contributed by atoms with Gasteiger partial charge in [0.1, 0.15) is 11.1 Å². The van der Waals surface area contributed by atoms with Crippen molar-refractivity contribution in [1.82, 2.24) is 0 Å². The van der Waals surface area contributed by atoms with Crippen LogP contribution in [-0.2, 0) is 9.57 Å². The first-order chi connectivity index (χ1) is 8.79. The molecule has 0 unspecified atom stereocenters. The third kappa shape index (κ3) is 1.98. The summed E-state index contributed by atoms with van der Waals surface area (Å²) in [6, 6.07) is 7.11. The van der Waals surface area contributed by atoms with Crippen molar-refractivity contribution in [2.45, 2.75) is 0 Å². The lowest BCUT2D eigenvalue weighted by Gasteiger charge is -1.98. The van der Waals surface area contributed by atoms with Crippen LogP contribution in [0.15, 0.2) is 36.9 Å².